The van der Waals surface area contributed by atoms with Gasteiger partial charge in [-0.2, -0.15) is 0 Å². The normalized spacial score (nSPS) is 21.9. The van der Waals surface area contributed by atoms with E-state index in [0.29, 0.717) is 12.1 Å². The third-order valence-electron chi connectivity index (χ3n) is 7.13. The number of hydrogen-bond donors (Lipinski definition) is 4. The molecule has 0 bridgehead atoms. The fourth-order valence-electron chi connectivity index (χ4n) is 5.60. The summed E-state index contributed by atoms with van der Waals surface area (Å²) in [4.78, 5) is 0. The highest BCUT2D eigenvalue weighted by Gasteiger charge is 2.20. The summed E-state index contributed by atoms with van der Waals surface area (Å²) in [6, 6.07) is 1.31. The van der Waals surface area contributed by atoms with Crippen molar-refractivity contribution in [2.45, 2.75) is 97.8 Å². The van der Waals surface area contributed by atoms with Gasteiger partial charge in [0.25, 0.3) is 0 Å². The molecule has 1 aromatic rings. The van der Waals surface area contributed by atoms with Crippen LogP contribution < -0.4 is 21.3 Å². The Bertz CT molecular complexity index is 592. The Labute approximate surface area is 179 Å². The van der Waals surface area contributed by atoms with Gasteiger partial charge in [0, 0.05) is 38.3 Å². The average molecular weight is 401 g/mol. The lowest BCUT2D eigenvalue weighted by Crippen LogP contribution is -2.35. The number of nitrogens with one attached hydrogen (secondary N) is 4. The summed E-state index contributed by atoms with van der Waals surface area (Å²) in [6.07, 6.45) is 8.65. The van der Waals surface area contributed by atoms with Crippen LogP contribution >= 0.6 is 0 Å². The quantitative estimate of drug-likeness (QED) is 0.460. The van der Waals surface area contributed by atoms with Crippen LogP contribution in [0.5, 0.6) is 0 Å². The summed E-state index contributed by atoms with van der Waals surface area (Å²) in [5.74, 6) is 0. The molecule has 0 amide bonds. The first-order valence-electron chi connectivity index (χ1n) is 12.2. The zero-order valence-electron chi connectivity index (χ0n) is 19.3. The number of rotatable bonds is 11. The van der Waals surface area contributed by atoms with Crippen LogP contribution in [0.4, 0.5) is 0 Å². The molecule has 4 N–H and O–H groups in total. The second kappa shape index (κ2) is 11.5. The van der Waals surface area contributed by atoms with E-state index in [2.05, 4.69) is 49.0 Å². The Kier molecular flexibility index (Phi) is 8.98. The first-order chi connectivity index (χ1) is 14.2. The maximum Gasteiger partial charge on any atom is 0.0211 e. The predicted molar refractivity (Wildman–Crippen MR) is 125 cm³/mol. The molecular formula is C25H44N4. The van der Waals surface area contributed by atoms with E-state index < -0.39 is 0 Å². The molecule has 4 heteroatoms. The van der Waals surface area contributed by atoms with Crippen molar-refractivity contribution in [1.29, 1.82) is 0 Å². The lowest BCUT2D eigenvalue weighted by molar-refractivity contribution is 0.528. The average Bonchev–Trinajstić information content (AvgIpc) is 3.42. The standard InChI is InChI=1S/C25H44N4/c1-5-21-18(4)22(6-2)25(17-27-15-20-11-9-13-29-20)23(7-3)24(21)16-26-14-19-10-8-12-28-19/h19-20,26-29H,5-17H2,1-4H3/t19-,20-/m0/s1. The molecule has 29 heavy (non-hydrogen) atoms. The van der Waals surface area contributed by atoms with Crippen molar-refractivity contribution in [2.24, 2.45) is 0 Å². The molecule has 2 heterocycles. The second-order valence-electron chi connectivity index (χ2n) is 8.93. The third-order valence-corrected chi connectivity index (χ3v) is 7.13. The Balaban J connectivity index is 1.78. The van der Waals surface area contributed by atoms with Crippen molar-refractivity contribution in [2.75, 3.05) is 26.2 Å². The van der Waals surface area contributed by atoms with Crippen LogP contribution in [0, 0.1) is 6.92 Å². The molecule has 2 aliphatic heterocycles. The minimum absolute atomic E-state index is 0.654. The molecule has 0 aromatic heterocycles. The highest BCUT2D eigenvalue weighted by Crippen LogP contribution is 2.30. The summed E-state index contributed by atoms with van der Waals surface area (Å²) in [6.45, 7) is 15.9. The molecule has 3 rings (SSSR count). The molecule has 164 valence electrons. The molecule has 2 atom stereocenters. The highest BCUT2D eigenvalue weighted by molar-refractivity contribution is 5.52. The molecule has 0 aliphatic carbocycles. The van der Waals surface area contributed by atoms with Crippen molar-refractivity contribution in [1.82, 2.24) is 21.3 Å². The van der Waals surface area contributed by atoms with Crippen molar-refractivity contribution >= 4 is 0 Å². The van der Waals surface area contributed by atoms with Crippen molar-refractivity contribution < 1.29 is 0 Å². The van der Waals surface area contributed by atoms with Crippen LogP contribution in [-0.4, -0.2) is 38.3 Å². The van der Waals surface area contributed by atoms with Gasteiger partial charge < -0.3 is 21.3 Å². The van der Waals surface area contributed by atoms with Gasteiger partial charge >= 0.3 is 0 Å². The number of hydrogen-bond acceptors (Lipinski definition) is 4. The Hall–Kier alpha value is -0.940. The summed E-state index contributed by atoms with van der Waals surface area (Å²) < 4.78 is 0. The lowest BCUT2D eigenvalue weighted by atomic mass is 9.83. The predicted octanol–water partition coefficient (Wildman–Crippen LogP) is 3.37. The Morgan fingerprint density at radius 2 is 1.14 bits per heavy atom. The van der Waals surface area contributed by atoms with Crippen LogP contribution in [0.1, 0.15) is 79.8 Å². The molecule has 2 fully saturated rings. The molecule has 0 spiro atoms. The van der Waals surface area contributed by atoms with E-state index in [9.17, 15) is 0 Å². The zero-order valence-corrected chi connectivity index (χ0v) is 19.3. The monoisotopic (exact) mass is 400 g/mol. The molecule has 0 radical (unpaired) electrons. The minimum Gasteiger partial charge on any atom is -0.313 e. The van der Waals surface area contributed by atoms with E-state index in [1.807, 2.05) is 0 Å². The Morgan fingerprint density at radius 1 is 0.690 bits per heavy atom. The van der Waals surface area contributed by atoms with Crippen molar-refractivity contribution in [3.05, 3.63) is 33.4 Å². The summed E-state index contributed by atoms with van der Waals surface area (Å²) in [5, 5.41) is 14.8. The minimum atomic E-state index is 0.654. The van der Waals surface area contributed by atoms with Crippen molar-refractivity contribution in [3.8, 4) is 0 Å². The summed E-state index contributed by atoms with van der Waals surface area (Å²) in [5.41, 5.74) is 9.48. The van der Waals surface area contributed by atoms with E-state index in [-0.39, 0.29) is 0 Å². The Morgan fingerprint density at radius 3 is 1.48 bits per heavy atom. The van der Waals surface area contributed by atoms with E-state index in [0.717, 1.165) is 45.4 Å². The SMILES string of the molecule is CCc1c(C)c(CC)c(CNC[C@@H]2CCCN2)c(CC)c1CNC[C@@H]1CCCN1. The summed E-state index contributed by atoms with van der Waals surface area (Å²) in [7, 11) is 0. The smallest absolute Gasteiger partial charge is 0.0211 e. The fraction of sp³-hybridized carbons (Fsp3) is 0.760. The maximum absolute atomic E-state index is 3.79. The van der Waals surface area contributed by atoms with Gasteiger partial charge in [-0.05, 0) is 98.3 Å². The van der Waals surface area contributed by atoms with E-state index >= 15 is 0 Å². The van der Waals surface area contributed by atoms with Crippen molar-refractivity contribution in [3.63, 3.8) is 0 Å². The first kappa shape index (κ1) is 22.7. The van der Waals surface area contributed by atoms with Gasteiger partial charge in [-0.25, -0.2) is 0 Å². The van der Waals surface area contributed by atoms with Crippen LogP contribution in [-0.2, 0) is 32.4 Å². The molecule has 2 aliphatic rings. The number of benzene rings is 1. The first-order valence-corrected chi connectivity index (χ1v) is 12.2. The lowest BCUT2D eigenvalue weighted by Gasteiger charge is -2.26. The van der Waals surface area contributed by atoms with Crippen LogP contribution in [0.2, 0.25) is 0 Å². The van der Waals surface area contributed by atoms with Gasteiger partial charge in [-0.15, -0.1) is 0 Å². The van der Waals surface area contributed by atoms with Gasteiger partial charge in [0.05, 0.1) is 0 Å². The molecule has 2 saturated heterocycles. The topological polar surface area (TPSA) is 48.1 Å². The van der Waals surface area contributed by atoms with Gasteiger partial charge in [0.2, 0.25) is 0 Å². The highest BCUT2D eigenvalue weighted by atomic mass is 15.0. The van der Waals surface area contributed by atoms with E-state index in [4.69, 9.17) is 0 Å². The fourth-order valence-corrected chi connectivity index (χ4v) is 5.60. The largest absolute Gasteiger partial charge is 0.313 e. The third kappa shape index (κ3) is 5.61. The van der Waals surface area contributed by atoms with Crippen LogP contribution in [0.25, 0.3) is 0 Å². The molecule has 0 saturated carbocycles. The zero-order chi connectivity index (χ0) is 20.6. The van der Waals surface area contributed by atoms with Gasteiger partial charge in [-0.3, -0.25) is 0 Å². The van der Waals surface area contributed by atoms with Gasteiger partial charge in [0.1, 0.15) is 0 Å². The summed E-state index contributed by atoms with van der Waals surface area (Å²) >= 11 is 0. The molecule has 0 unspecified atom stereocenters. The molecular weight excluding hydrogens is 356 g/mol. The van der Waals surface area contributed by atoms with Crippen LogP contribution in [0.3, 0.4) is 0 Å². The van der Waals surface area contributed by atoms with Crippen LogP contribution in [0.15, 0.2) is 0 Å². The molecule has 4 nitrogen and oxygen atoms in total. The second-order valence-corrected chi connectivity index (χ2v) is 8.93. The molecule has 1 aromatic carbocycles. The maximum atomic E-state index is 3.79. The van der Waals surface area contributed by atoms with Gasteiger partial charge in [0.15, 0.2) is 0 Å². The van der Waals surface area contributed by atoms with Gasteiger partial charge in [-0.1, -0.05) is 20.8 Å². The van der Waals surface area contributed by atoms with E-state index in [1.165, 1.54) is 38.8 Å². The van der Waals surface area contributed by atoms with E-state index in [1.54, 1.807) is 33.4 Å².